The van der Waals surface area contributed by atoms with Crippen LogP contribution in [0.25, 0.3) is 0 Å². The SMILES string of the molecule is CCCCOC(=O)C(CCC(=O)O)NC(=O)NC(CCCCN)C(=O)OC(C)(C)C. The monoisotopic (exact) mass is 431 g/mol. The van der Waals surface area contributed by atoms with Crippen molar-refractivity contribution in [3.63, 3.8) is 0 Å². The van der Waals surface area contributed by atoms with Crippen molar-refractivity contribution in [2.45, 2.75) is 90.3 Å². The van der Waals surface area contributed by atoms with E-state index in [0.29, 0.717) is 32.2 Å². The molecule has 0 bridgehead atoms. The highest BCUT2D eigenvalue weighted by Gasteiger charge is 2.29. The van der Waals surface area contributed by atoms with Crippen LogP contribution in [-0.2, 0) is 23.9 Å². The van der Waals surface area contributed by atoms with Crippen molar-refractivity contribution >= 4 is 23.9 Å². The van der Waals surface area contributed by atoms with Crippen LogP contribution in [0.3, 0.4) is 0 Å². The van der Waals surface area contributed by atoms with E-state index in [1.165, 1.54) is 0 Å². The zero-order valence-electron chi connectivity index (χ0n) is 18.5. The van der Waals surface area contributed by atoms with E-state index in [1.807, 2.05) is 6.92 Å². The van der Waals surface area contributed by atoms with E-state index in [4.69, 9.17) is 20.3 Å². The first-order valence-electron chi connectivity index (χ1n) is 10.4. The van der Waals surface area contributed by atoms with Gasteiger partial charge in [-0.2, -0.15) is 0 Å². The summed E-state index contributed by atoms with van der Waals surface area (Å²) in [4.78, 5) is 48.0. The second-order valence-corrected chi connectivity index (χ2v) is 7.99. The van der Waals surface area contributed by atoms with Crippen LogP contribution >= 0.6 is 0 Å². The first-order chi connectivity index (χ1) is 14.0. The Morgan fingerprint density at radius 3 is 2.07 bits per heavy atom. The van der Waals surface area contributed by atoms with Crippen molar-refractivity contribution in [3.8, 4) is 0 Å². The minimum Gasteiger partial charge on any atom is -0.481 e. The van der Waals surface area contributed by atoms with E-state index in [2.05, 4.69) is 10.6 Å². The molecular formula is C20H37N3O7. The topological polar surface area (TPSA) is 157 Å². The van der Waals surface area contributed by atoms with Gasteiger partial charge in [-0.25, -0.2) is 14.4 Å². The zero-order chi connectivity index (χ0) is 23.2. The third kappa shape index (κ3) is 13.8. The predicted molar refractivity (Wildman–Crippen MR) is 111 cm³/mol. The van der Waals surface area contributed by atoms with Gasteiger partial charge in [0.1, 0.15) is 17.7 Å². The lowest BCUT2D eigenvalue weighted by atomic mass is 10.1. The number of carbonyl (C=O) groups is 4. The number of rotatable bonds is 14. The highest BCUT2D eigenvalue weighted by Crippen LogP contribution is 2.12. The lowest BCUT2D eigenvalue weighted by Crippen LogP contribution is -2.52. The van der Waals surface area contributed by atoms with Gasteiger partial charge in [0.25, 0.3) is 0 Å². The average molecular weight is 432 g/mol. The zero-order valence-corrected chi connectivity index (χ0v) is 18.5. The number of unbranched alkanes of at least 4 members (excludes halogenated alkanes) is 2. The average Bonchev–Trinajstić information content (AvgIpc) is 2.62. The fourth-order valence-corrected chi connectivity index (χ4v) is 2.41. The first kappa shape index (κ1) is 27.6. The van der Waals surface area contributed by atoms with Crippen LogP contribution in [0.15, 0.2) is 0 Å². The van der Waals surface area contributed by atoms with Crippen molar-refractivity contribution in [2.75, 3.05) is 13.2 Å². The van der Waals surface area contributed by atoms with Crippen molar-refractivity contribution < 1.29 is 33.8 Å². The Hall–Kier alpha value is -2.36. The molecule has 0 aliphatic rings. The molecule has 0 aliphatic carbocycles. The molecule has 0 saturated heterocycles. The van der Waals surface area contributed by atoms with E-state index >= 15 is 0 Å². The Balaban J connectivity index is 5.07. The minimum atomic E-state index is -1.14. The van der Waals surface area contributed by atoms with Crippen LogP contribution in [0.1, 0.15) is 72.6 Å². The number of carbonyl (C=O) groups excluding carboxylic acids is 3. The molecule has 2 atom stereocenters. The number of ether oxygens (including phenoxy) is 2. The van der Waals surface area contributed by atoms with Gasteiger partial charge in [0.05, 0.1) is 6.61 Å². The van der Waals surface area contributed by atoms with Crippen LogP contribution in [0.5, 0.6) is 0 Å². The van der Waals surface area contributed by atoms with Gasteiger partial charge in [0, 0.05) is 6.42 Å². The molecule has 2 unspecified atom stereocenters. The Labute approximate surface area is 178 Å². The van der Waals surface area contributed by atoms with Gasteiger partial charge >= 0.3 is 23.9 Å². The lowest BCUT2D eigenvalue weighted by Gasteiger charge is -2.25. The Bertz CT molecular complexity index is 561. The number of carboxylic acid groups (broad SMARTS) is 1. The largest absolute Gasteiger partial charge is 0.481 e. The number of esters is 2. The number of urea groups is 1. The quantitative estimate of drug-likeness (QED) is 0.239. The normalized spacial score (nSPS) is 13.1. The van der Waals surface area contributed by atoms with Crippen molar-refractivity contribution in [1.82, 2.24) is 10.6 Å². The number of carboxylic acids is 1. The number of aliphatic carboxylic acids is 1. The maximum absolute atomic E-state index is 12.4. The molecule has 0 rings (SSSR count). The summed E-state index contributed by atoms with van der Waals surface area (Å²) in [7, 11) is 0. The summed E-state index contributed by atoms with van der Waals surface area (Å²) in [5.41, 5.74) is 4.76. The van der Waals surface area contributed by atoms with Gasteiger partial charge in [0.2, 0.25) is 0 Å². The molecule has 10 nitrogen and oxygen atoms in total. The molecule has 0 aromatic heterocycles. The van der Waals surface area contributed by atoms with Gasteiger partial charge in [-0.3, -0.25) is 4.79 Å². The molecule has 0 saturated carbocycles. The number of nitrogens with one attached hydrogen (secondary N) is 2. The fourth-order valence-electron chi connectivity index (χ4n) is 2.41. The second-order valence-electron chi connectivity index (χ2n) is 7.99. The van der Waals surface area contributed by atoms with Gasteiger partial charge in [0.15, 0.2) is 0 Å². The third-order valence-electron chi connectivity index (χ3n) is 3.92. The van der Waals surface area contributed by atoms with Crippen molar-refractivity contribution in [1.29, 1.82) is 0 Å². The summed E-state index contributed by atoms with van der Waals surface area (Å²) >= 11 is 0. The van der Waals surface area contributed by atoms with E-state index in [1.54, 1.807) is 20.8 Å². The molecule has 2 amide bonds. The number of hydrogen-bond donors (Lipinski definition) is 4. The Kier molecular flexibility index (Phi) is 13.4. The summed E-state index contributed by atoms with van der Waals surface area (Å²) < 4.78 is 10.4. The van der Waals surface area contributed by atoms with Gasteiger partial charge in [-0.15, -0.1) is 0 Å². The van der Waals surface area contributed by atoms with Crippen molar-refractivity contribution in [2.24, 2.45) is 5.73 Å². The highest BCUT2D eigenvalue weighted by atomic mass is 16.6. The van der Waals surface area contributed by atoms with E-state index in [-0.39, 0.29) is 19.4 Å². The fraction of sp³-hybridized carbons (Fsp3) is 0.800. The van der Waals surface area contributed by atoms with Gasteiger partial charge in [-0.1, -0.05) is 13.3 Å². The maximum atomic E-state index is 12.4. The molecule has 0 fully saturated rings. The maximum Gasteiger partial charge on any atom is 0.329 e. The van der Waals surface area contributed by atoms with E-state index in [0.717, 1.165) is 6.42 Å². The lowest BCUT2D eigenvalue weighted by molar-refractivity contribution is -0.157. The molecule has 0 radical (unpaired) electrons. The molecule has 10 heteroatoms. The summed E-state index contributed by atoms with van der Waals surface area (Å²) in [6.45, 7) is 7.72. The molecule has 0 aliphatic heterocycles. The van der Waals surface area contributed by atoms with Crippen molar-refractivity contribution in [3.05, 3.63) is 0 Å². The molecule has 0 aromatic carbocycles. The molecular weight excluding hydrogens is 394 g/mol. The molecule has 174 valence electrons. The van der Waals surface area contributed by atoms with Crippen LogP contribution < -0.4 is 16.4 Å². The smallest absolute Gasteiger partial charge is 0.329 e. The Morgan fingerprint density at radius 1 is 0.967 bits per heavy atom. The van der Waals surface area contributed by atoms with Crippen LogP contribution in [0.2, 0.25) is 0 Å². The predicted octanol–water partition coefficient (Wildman–Crippen LogP) is 1.70. The minimum absolute atomic E-state index is 0.127. The second kappa shape index (κ2) is 14.6. The molecule has 0 spiro atoms. The molecule has 30 heavy (non-hydrogen) atoms. The van der Waals surface area contributed by atoms with Crippen LogP contribution in [-0.4, -0.2) is 59.9 Å². The summed E-state index contributed by atoms with van der Waals surface area (Å²) in [6.07, 6.45) is 2.63. The van der Waals surface area contributed by atoms with Crippen LogP contribution in [0, 0.1) is 0 Å². The first-order valence-corrected chi connectivity index (χ1v) is 10.4. The molecule has 5 N–H and O–H groups in total. The summed E-state index contributed by atoms with van der Waals surface area (Å²) in [6, 6.07) is -2.84. The molecule has 0 heterocycles. The number of nitrogens with two attached hydrogens (primary N) is 1. The Morgan fingerprint density at radius 2 is 1.57 bits per heavy atom. The van der Waals surface area contributed by atoms with E-state index < -0.39 is 41.6 Å². The third-order valence-corrected chi connectivity index (χ3v) is 3.92. The summed E-state index contributed by atoms with van der Waals surface area (Å²) in [5.74, 6) is -2.41. The van der Waals surface area contributed by atoms with Gasteiger partial charge in [-0.05, 0) is 59.4 Å². The van der Waals surface area contributed by atoms with Gasteiger partial charge < -0.3 is 30.9 Å². The highest BCUT2D eigenvalue weighted by molar-refractivity contribution is 5.87. The number of hydrogen-bond acceptors (Lipinski definition) is 7. The summed E-state index contributed by atoms with van der Waals surface area (Å²) in [5, 5.41) is 13.8. The standard InChI is InChI=1S/C20H37N3O7/c1-5-6-13-29-17(26)15(10-11-16(24)25)23-19(28)22-14(9-7-8-12-21)18(27)30-20(2,3)4/h14-15H,5-13,21H2,1-4H3,(H,24,25)(H2,22,23,28). The van der Waals surface area contributed by atoms with E-state index in [9.17, 15) is 19.2 Å². The number of amides is 2. The molecule has 0 aromatic rings. The van der Waals surface area contributed by atoms with Crippen LogP contribution in [0.4, 0.5) is 4.79 Å².